The lowest BCUT2D eigenvalue weighted by Crippen LogP contribution is -2.53. The lowest BCUT2D eigenvalue weighted by molar-refractivity contribution is -0.121. The number of amides is 1. The molecule has 4 rings (SSSR count). The van der Waals surface area contributed by atoms with E-state index >= 15 is 0 Å². The summed E-state index contributed by atoms with van der Waals surface area (Å²) in [6.45, 7) is 0. The van der Waals surface area contributed by atoms with Crippen molar-refractivity contribution in [1.29, 1.82) is 0 Å². The minimum atomic E-state index is -1.82. The van der Waals surface area contributed by atoms with Crippen LogP contribution in [0, 0.1) is 5.41 Å². The number of anilines is 1. The molecule has 1 atom stereocenters. The molecule has 3 aromatic carbocycles. The molecule has 0 spiro atoms. The van der Waals surface area contributed by atoms with Crippen LogP contribution in [0.2, 0.25) is 0 Å². The number of hydrogen-bond donors (Lipinski definition) is 1. The maximum atomic E-state index is 13.5. The smallest absolute Gasteiger partial charge is 0.246 e. The average molecular weight is 355 g/mol. The summed E-state index contributed by atoms with van der Waals surface area (Å²) in [5.41, 5.74) is 0.0761. The minimum Gasteiger partial charge on any atom is -0.324 e. The average Bonchev–Trinajstić information content (AvgIpc) is 2.72. The molecule has 4 nitrogen and oxygen atoms in total. The fourth-order valence-electron chi connectivity index (χ4n) is 3.54. The van der Waals surface area contributed by atoms with Gasteiger partial charge < -0.3 is 5.32 Å². The second kappa shape index (κ2) is 6.65. The van der Waals surface area contributed by atoms with Crippen LogP contribution >= 0.6 is 0 Å². The first kappa shape index (κ1) is 16.9. The number of fused-ring (bicyclic) bond motifs is 1. The van der Waals surface area contributed by atoms with E-state index in [1.54, 1.807) is 54.6 Å². The molecular weight excluding hydrogens is 338 g/mol. The van der Waals surface area contributed by atoms with Crippen molar-refractivity contribution < 1.29 is 14.4 Å². The van der Waals surface area contributed by atoms with Crippen LogP contribution < -0.4 is 5.32 Å². The monoisotopic (exact) mass is 355 g/mol. The third-order valence-electron chi connectivity index (χ3n) is 4.93. The topological polar surface area (TPSA) is 63.2 Å². The molecular formula is C23H17NO3. The molecule has 0 fully saturated rings. The molecule has 27 heavy (non-hydrogen) atoms. The van der Waals surface area contributed by atoms with Crippen LogP contribution in [-0.2, 0) is 11.2 Å². The first-order valence-electron chi connectivity index (χ1n) is 8.72. The Kier molecular flexibility index (Phi) is 4.16. The molecule has 0 unspecified atom stereocenters. The Morgan fingerprint density at radius 3 is 2.07 bits per heavy atom. The molecule has 0 aliphatic carbocycles. The van der Waals surface area contributed by atoms with Gasteiger partial charge in [-0.1, -0.05) is 72.8 Å². The van der Waals surface area contributed by atoms with E-state index < -0.39 is 22.9 Å². The summed E-state index contributed by atoms with van der Waals surface area (Å²) in [5.74, 6) is -1.52. The molecule has 0 aromatic heterocycles. The van der Waals surface area contributed by atoms with Gasteiger partial charge in [0.2, 0.25) is 5.91 Å². The van der Waals surface area contributed by atoms with Crippen LogP contribution in [0.3, 0.4) is 0 Å². The third kappa shape index (κ3) is 2.75. The Balaban J connectivity index is 1.90. The van der Waals surface area contributed by atoms with E-state index in [1.807, 2.05) is 30.3 Å². The molecule has 0 radical (unpaired) electrons. The Bertz CT molecular complexity index is 1030. The van der Waals surface area contributed by atoms with Crippen molar-refractivity contribution in [3.05, 3.63) is 102 Å². The summed E-state index contributed by atoms with van der Waals surface area (Å²) in [7, 11) is 0. The number of para-hydroxylation sites is 1. The van der Waals surface area contributed by atoms with Crippen molar-refractivity contribution in [1.82, 2.24) is 0 Å². The molecule has 1 N–H and O–H groups in total. The van der Waals surface area contributed by atoms with E-state index in [4.69, 9.17) is 0 Å². The van der Waals surface area contributed by atoms with Gasteiger partial charge in [0.05, 0.1) is 5.69 Å². The van der Waals surface area contributed by atoms with Crippen LogP contribution in [0.5, 0.6) is 0 Å². The molecule has 3 aromatic rings. The van der Waals surface area contributed by atoms with E-state index in [-0.39, 0.29) is 6.42 Å². The molecule has 4 heteroatoms. The van der Waals surface area contributed by atoms with Crippen molar-refractivity contribution in [2.45, 2.75) is 6.42 Å². The van der Waals surface area contributed by atoms with Crippen LogP contribution in [0.1, 0.15) is 26.3 Å². The number of carbonyl (C=O) groups is 3. The zero-order valence-corrected chi connectivity index (χ0v) is 14.5. The van der Waals surface area contributed by atoms with Gasteiger partial charge in [0.25, 0.3) is 0 Å². The highest BCUT2D eigenvalue weighted by Gasteiger charge is 2.55. The van der Waals surface area contributed by atoms with Crippen molar-refractivity contribution >= 4 is 23.2 Å². The minimum absolute atomic E-state index is 0.0145. The quantitative estimate of drug-likeness (QED) is 0.570. The standard InChI is InChI=1S/C23H17NO3/c25-20(17-11-5-2-6-12-17)23(15-16-9-3-1-4-10-16)21(26)18-13-7-8-14-19(18)24-22(23)27/h1-14H,15H2,(H,24,27)/t23-/m0/s1. The maximum absolute atomic E-state index is 13.5. The summed E-state index contributed by atoms with van der Waals surface area (Å²) < 4.78 is 0. The van der Waals surface area contributed by atoms with E-state index in [0.717, 1.165) is 5.56 Å². The number of hydrogen-bond acceptors (Lipinski definition) is 3. The second-order valence-electron chi connectivity index (χ2n) is 6.59. The van der Waals surface area contributed by atoms with Crippen LogP contribution in [0.15, 0.2) is 84.9 Å². The number of nitrogens with one attached hydrogen (secondary N) is 1. The predicted molar refractivity (Wildman–Crippen MR) is 103 cm³/mol. The van der Waals surface area contributed by atoms with Gasteiger partial charge in [0, 0.05) is 17.5 Å². The highest BCUT2D eigenvalue weighted by Crippen LogP contribution is 2.39. The summed E-state index contributed by atoms with van der Waals surface area (Å²) in [5, 5.41) is 2.77. The van der Waals surface area contributed by atoms with Gasteiger partial charge in [0.1, 0.15) is 0 Å². The molecule has 0 saturated carbocycles. The van der Waals surface area contributed by atoms with E-state index in [2.05, 4.69) is 5.32 Å². The van der Waals surface area contributed by atoms with E-state index in [1.165, 1.54) is 0 Å². The highest BCUT2D eigenvalue weighted by molar-refractivity contribution is 6.37. The predicted octanol–water partition coefficient (Wildman–Crippen LogP) is 3.93. The van der Waals surface area contributed by atoms with Gasteiger partial charge in [-0.3, -0.25) is 14.4 Å². The number of Topliss-reactive ketones (excluding diaryl/α,β-unsaturated/α-hetero) is 2. The Hall–Kier alpha value is -3.53. The Labute approximate surface area is 156 Å². The molecule has 1 aliphatic heterocycles. The van der Waals surface area contributed by atoms with Crippen molar-refractivity contribution in [3.8, 4) is 0 Å². The summed E-state index contributed by atoms with van der Waals surface area (Å²) in [4.78, 5) is 40.1. The fraction of sp³-hybridized carbons (Fsp3) is 0.0870. The van der Waals surface area contributed by atoms with Gasteiger partial charge in [-0.15, -0.1) is 0 Å². The molecule has 1 heterocycles. The lowest BCUT2D eigenvalue weighted by atomic mass is 9.68. The molecule has 0 saturated heterocycles. The first-order chi connectivity index (χ1) is 13.1. The van der Waals surface area contributed by atoms with Gasteiger partial charge in [-0.2, -0.15) is 0 Å². The van der Waals surface area contributed by atoms with Crippen molar-refractivity contribution in [2.24, 2.45) is 5.41 Å². The number of ketones is 2. The van der Waals surface area contributed by atoms with Crippen LogP contribution in [0.4, 0.5) is 5.69 Å². The highest BCUT2D eigenvalue weighted by atomic mass is 16.2. The fourth-order valence-corrected chi connectivity index (χ4v) is 3.54. The first-order valence-corrected chi connectivity index (χ1v) is 8.72. The SMILES string of the molecule is O=C1Nc2ccccc2C(=O)[C@]1(Cc1ccccc1)C(=O)c1ccccc1. The molecule has 1 aliphatic rings. The van der Waals surface area contributed by atoms with Gasteiger partial charge >= 0.3 is 0 Å². The molecule has 0 bridgehead atoms. The Morgan fingerprint density at radius 1 is 0.778 bits per heavy atom. The van der Waals surface area contributed by atoms with Gasteiger partial charge in [-0.05, 0) is 17.7 Å². The van der Waals surface area contributed by atoms with Crippen molar-refractivity contribution in [3.63, 3.8) is 0 Å². The lowest BCUT2D eigenvalue weighted by Gasteiger charge is -2.34. The van der Waals surface area contributed by atoms with Crippen LogP contribution in [0.25, 0.3) is 0 Å². The number of rotatable bonds is 4. The largest absolute Gasteiger partial charge is 0.324 e. The molecule has 132 valence electrons. The molecule has 1 amide bonds. The summed E-state index contributed by atoms with van der Waals surface area (Å²) in [6, 6.07) is 24.5. The summed E-state index contributed by atoms with van der Waals surface area (Å²) >= 11 is 0. The van der Waals surface area contributed by atoms with Crippen molar-refractivity contribution in [2.75, 3.05) is 5.32 Å². The zero-order chi connectivity index (χ0) is 18.9. The van der Waals surface area contributed by atoms with Gasteiger partial charge in [0.15, 0.2) is 17.0 Å². The third-order valence-corrected chi connectivity index (χ3v) is 4.93. The van der Waals surface area contributed by atoms with Crippen LogP contribution in [-0.4, -0.2) is 17.5 Å². The normalized spacial score (nSPS) is 18.5. The van der Waals surface area contributed by atoms with Gasteiger partial charge in [-0.25, -0.2) is 0 Å². The Morgan fingerprint density at radius 2 is 1.37 bits per heavy atom. The maximum Gasteiger partial charge on any atom is 0.246 e. The van der Waals surface area contributed by atoms with E-state index in [9.17, 15) is 14.4 Å². The van der Waals surface area contributed by atoms with E-state index in [0.29, 0.717) is 16.8 Å². The number of carbonyl (C=O) groups excluding carboxylic acids is 3. The zero-order valence-electron chi connectivity index (χ0n) is 14.5. The second-order valence-corrected chi connectivity index (χ2v) is 6.59. The summed E-state index contributed by atoms with van der Waals surface area (Å²) in [6.07, 6.45) is 0.0145. The number of benzene rings is 3.